The molecule has 0 spiro atoms. The van der Waals surface area contributed by atoms with E-state index in [1.165, 1.54) is 0 Å². The molecule has 1 unspecified atom stereocenters. The van der Waals surface area contributed by atoms with Crippen molar-refractivity contribution in [1.29, 1.82) is 5.26 Å². The van der Waals surface area contributed by atoms with Gasteiger partial charge in [-0.1, -0.05) is 12.8 Å². The summed E-state index contributed by atoms with van der Waals surface area (Å²) in [6.07, 6.45) is 7.53. The quantitative estimate of drug-likeness (QED) is 0.779. The summed E-state index contributed by atoms with van der Waals surface area (Å²) < 4.78 is 0. The van der Waals surface area contributed by atoms with Gasteiger partial charge in [-0.25, -0.2) is 0 Å². The number of nitrogens with zero attached hydrogens (tertiary/aromatic N) is 2. The first-order valence-electron chi connectivity index (χ1n) is 7.88. The van der Waals surface area contributed by atoms with E-state index in [2.05, 4.69) is 6.07 Å². The van der Waals surface area contributed by atoms with Gasteiger partial charge in [-0.15, -0.1) is 0 Å². The highest BCUT2D eigenvalue weighted by Gasteiger charge is 2.29. The van der Waals surface area contributed by atoms with Crippen LogP contribution in [0.4, 0.5) is 0 Å². The highest BCUT2D eigenvalue weighted by atomic mass is 16.2. The number of rotatable bonds is 2. The lowest BCUT2D eigenvalue weighted by molar-refractivity contribution is -0.139. The number of nitriles is 1. The van der Waals surface area contributed by atoms with Crippen molar-refractivity contribution in [3.8, 4) is 6.07 Å². The van der Waals surface area contributed by atoms with Gasteiger partial charge in [-0.3, -0.25) is 9.59 Å². The first-order chi connectivity index (χ1) is 9.70. The van der Waals surface area contributed by atoms with Crippen molar-refractivity contribution >= 4 is 11.7 Å². The van der Waals surface area contributed by atoms with Gasteiger partial charge in [0.15, 0.2) is 0 Å². The highest BCUT2D eigenvalue weighted by Crippen LogP contribution is 2.26. The maximum atomic E-state index is 12.5. The molecular weight excluding hydrogens is 252 g/mol. The maximum Gasteiger partial charge on any atom is 0.226 e. The Morgan fingerprint density at radius 2 is 1.95 bits per heavy atom. The SMILES string of the molecule is N#CCC1CCN(C(=O)C2CCCCCC(=O)C2)CC1. The zero-order valence-electron chi connectivity index (χ0n) is 12.1. The molecule has 1 saturated carbocycles. The Hall–Kier alpha value is -1.37. The summed E-state index contributed by atoms with van der Waals surface area (Å²) in [5.41, 5.74) is 0. The van der Waals surface area contributed by atoms with Gasteiger partial charge in [-0.2, -0.15) is 5.26 Å². The lowest BCUT2D eigenvalue weighted by Gasteiger charge is -2.34. The van der Waals surface area contributed by atoms with E-state index in [-0.39, 0.29) is 17.6 Å². The average molecular weight is 276 g/mol. The lowest BCUT2D eigenvalue weighted by atomic mass is 9.88. The Kier molecular flexibility index (Phi) is 5.58. The molecule has 1 aliphatic heterocycles. The van der Waals surface area contributed by atoms with Crippen molar-refractivity contribution in [1.82, 2.24) is 4.90 Å². The van der Waals surface area contributed by atoms with Crippen LogP contribution < -0.4 is 0 Å². The van der Waals surface area contributed by atoms with E-state index in [1.54, 1.807) is 0 Å². The van der Waals surface area contributed by atoms with E-state index in [0.717, 1.165) is 51.6 Å². The Morgan fingerprint density at radius 3 is 2.65 bits per heavy atom. The molecule has 4 nitrogen and oxygen atoms in total. The first-order valence-corrected chi connectivity index (χ1v) is 7.88. The fourth-order valence-corrected chi connectivity index (χ4v) is 3.32. The molecule has 0 aromatic heterocycles. The van der Waals surface area contributed by atoms with Gasteiger partial charge in [0, 0.05) is 38.3 Å². The Bertz CT molecular complexity index is 392. The zero-order valence-corrected chi connectivity index (χ0v) is 12.1. The van der Waals surface area contributed by atoms with Crippen LogP contribution in [0.1, 0.15) is 57.8 Å². The minimum Gasteiger partial charge on any atom is -0.342 e. The van der Waals surface area contributed by atoms with Gasteiger partial charge in [0.1, 0.15) is 5.78 Å². The van der Waals surface area contributed by atoms with Gasteiger partial charge in [-0.05, 0) is 31.6 Å². The number of hydrogen-bond acceptors (Lipinski definition) is 3. The molecule has 2 aliphatic rings. The third-order valence-corrected chi connectivity index (χ3v) is 4.64. The molecule has 0 bridgehead atoms. The minimum absolute atomic E-state index is 0.0877. The molecule has 110 valence electrons. The number of ketones is 1. The highest BCUT2D eigenvalue weighted by molar-refractivity contribution is 5.87. The van der Waals surface area contributed by atoms with Crippen molar-refractivity contribution in [2.75, 3.05) is 13.1 Å². The van der Waals surface area contributed by atoms with Crippen LogP contribution >= 0.6 is 0 Å². The van der Waals surface area contributed by atoms with E-state index in [4.69, 9.17) is 5.26 Å². The Morgan fingerprint density at radius 1 is 1.20 bits per heavy atom. The van der Waals surface area contributed by atoms with Crippen molar-refractivity contribution in [3.05, 3.63) is 0 Å². The van der Waals surface area contributed by atoms with Crippen molar-refractivity contribution in [3.63, 3.8) is 0 Å². The van der Waals surface area contributed by atoms with Crippen molar-refractivity contribution < 1.29 is 9.59 Å². The van der Waals surface area contributed by atoms with Crippen LogP contribution in [-0.4, -0.2) is 29.7 Å². The molecule has 1 saturated heterocycles. The predicted molar refractivity (Wildman–Crippen MR) is 75.7 cm³/mol. The third kappa shape index (κ3) is 4.06. The molecule has 20 heavy (non-hydrogen) atoms. The second-order valence-corrected chi connectivity index (χ2v) is 6.17. The second-order valence-electron chi connectivity index (χ2n) is 6.17. The number of piperidine rings is 1. The van der Waals surface area contributed by atoms with Gasteiger partial charge in [0.25, 0.3) is 0 Å². The Balaban J connectivity index is 1.87. The lowest BCUT2D eigenvalue weighted by Crippen LogP contribution is -2.42. The average Bonchev–Trinajstić information content (AvgIpc) is 2.43. The molecule has 4 heteroatoms. The van der Waals surface area contributed by atoms with E-state index in [1.807, 2.05) is 4.90 Å². The van der Waals surface area contributed by atoms with Gasteiger partial charge in [0.2, 0.25) is 5.91 Å². The fourth-order valence-electron chi connectivity index (χ4n) is 3.32. The largest absolute Gasteiger partial charge is 0.342 e. The molecule has 1 heterocycles. The van der Waals surface area contributed by atoms with Crippen LogP contribution in [0.3, 0.4) is 0 Å². The van der Waals surface area contributed by atoms with Crippen molar-refractivity contribution in [2.24, 2.45) is 11.8 Å². The summed E-state index contributed by atoms with van der Waals surface area (Å²) in [7, 11) is 0. The Labute approximate surface area is 121 Å². The summed E-state index contributed by atoms with van der Waals surface area (Å²) in [5.74, 6) is 0.788. The van der Waals surface area contributed by atoms with E-state index in [0.29, 0.717) is 25.2 Å². The van der Waals surface area contributed by atoms with Crippen molar-refractivity contribution in [2.45, 2.75) is 57.8 Å². The molecule has 2 fully saturated rings. The van der Waals surface area contributed by atoms with E-state index in [9.17, 15) is 9.59 Å². The normalized spacial score (nSPS) is 25.6. The van der Waals surface area contributed by atoms with Gasteiger partial charge in [0.05, 0.1) is 6.07 Å². The number of likely N-dealkylation sites (tertiary alicyclic amines) is 1. The third-order valence-electron chi connectivity index (χ3n) is 4.64. The smallest absolute Gasteiger partial charge is 0.226 e. The monoisotopic (exact) mass is 276 g/mol. The standard InChI is InChI=1S/C16H24N2O2/c17-9-6-13-7-10-18(11-8-13)16(20)14-4-2-1-3-5-15(19)12-14/h13-14H,1-8,10-12H2. The maximum absolute atomic E-state index is 12.5. The van der Waals surface area contributed by atoms with Gasteiger partial charge < -0.3 is 4.90 Å². The van der Waals surface area contributed by atoms with Crippen LogP contribution in [0.5, 0.6) is 0 Å². The summed E-state index contributed by atoms with van der Waals surface area (Å²) in [5, 5.41) is 8.72. The molecule has 1 amide bonds. The molecule has 1 atom stereocenters. The number of carbonyl (C=O) groups excluding carboxylic acids is 2. The first kappa shape index (κ1) is 15.0. The predicted octanol–water partition coefficient (Wildman–Crippen LogP) is 2.68. The number of hydrogen-bond donors (Lipinski definition) is 0. The molecule has 0 aromatic carbocycles. The topological polar surface area (TPSA) is 61.2 Å². The zero-order chi connectivity index (χ0) is 14.4. The van der Waals surface area contributed by atoms with Crippen LogP contribution in [0.25, 0.3) is 0 Å². The van der Waals surface area contributed by atoms with E-state index < -0.39 is 0 Å². The summed E-state index contributed by atoms with van der Waals surface area (Å²) in [4.78, 5) is 26.2. The molecule has 2 rings (SSSR count). The molecule has 0 radical (unpaired) electrons. The van der Waals surface area contributed by atoms with Crippen LogP contribution in [0.15, 0.2) is 0 Å². The van der Waals surface area contributed by atoms with E-state index >= 15 is 0 Å². The van der Waals surface area contributed by atoms with Crippen LogP contribution in [0, 0.1) is 23.2 Å². The fraction of sp³-hybridized carbons (Fsp3) is 0.812. The number of carbonyl (C=O) groups is 2. The molecule has 0 N–H and O–H groups in total. The summed E-state index contributed by atoms with van der Waals surface area (Å²) in [6, 6.07) is 2.22. The van der Waals surface area contributed by atoms with Gasteiger partial charge >= 0.3 is 0 Å². The molecule has 0 aromatic rings. The molecule has 1 aliphatic carbocycles. The van der Waals surface area contributed by atoms with Crippen LogP contribution in [-0.2, 0) is 9.59 Å². The second kappa shape index (κ2) is 7.42. The number of Topliss-reactive ketones (excluding diaryl/α,β-unsaturated/α-hetero) is 1. The molecular formula is C16H24N2O2. The minimum atomic E-state index is -0.0877. The summed E-state index contributed by atoms with van der Waals surface area (Å²) in [6.45, 7) is 1.52. The number of amides is 1. The summed E-state index contributed by atoms with van der Waals surface area (Å²) >= 11 is 0. The van der Waals surface area contributed by atoms with Crippen LogP contribution in [0.2, 0.25) is 0 Å².